The number of aromatic amines is 1. The fourth-order valence-electron chi connectivity index (χ4n) is 4.59. The summed E-state index contributed by atoms with van der Waals surface area (Å²) in [6.45, 7) is 0.635. The van der Waals surface area contributed by atoms with Gasteiger partial charge in [0.1, 0.15) is 11.8 Å². The van der Waals surface area contributed by atoms with Crippen molar-refractivity contribution < 1.29 is 26.3 Å². The molecule has 1 saturated heterocycles. The van der Waals surface area contributed by atoms with E-state index in [0.717, 1.165) is 22.0 Å². The molecule has 2 N–H and O–H groups in total. The molecule has 1 aliphatic rings. The fourth-order valence-corrected chi connectivity index (χ4v) is 6.06. The number of halogens is 3. The Kier molecular flexibility index (Phi) is 6.77. The number of fused-ring (bicyclic) bond motifs is 1. The maximum atomic E-state index is 13.2. The number of rotatable bonds is 6. The number of nitriles is 1. The van der Waals surface area contributed by atoms with Gasteiger partial charge in [-0.25, -0.2) is 8.42 Å². The highest BCUT2D eigenvalue weighted by molar-refractivity contribution is 7.89. The Morgan fingerprint density at radius 1 is 0.974 bits per heavy atom. The van der Waals surface area contributed by atoms with Crippen LogP contribution < -0.4 is 10.1 Å². The van der Waals surface area contributed by atoms with E-state index >= 15 is 0 Å². The van der Waals surface area contributed by atoms with E-state index in [-0.39, 0.29) is 16.7 Å². The molecular weight excluding hydrogens is 517 g/mol. The van der Waals surface area contributed by atoms with Crippen molar-refractivity contribution >= 4 is 26.6 Å². The van der Waals surface area contributed by atoms with E-state index in [4.69, 9.17) is 0 Å². The number of hydrogen-bond donors (Lipinski definition) is 2. The summed E-state index contributed by atoms with van der Waals surface area (Å²) < 4.78 is 68.8. The molecule has 7 nitrogen and oxygen atoms in total. The van der Waals surface area contributed by atoms with Gasteiger partial charge in [0.2, 0.25) is 10.0 Å². The second-order valence-electron chi connectivity index (χ2n) is 8.99. The van der Waals surface area contributed by atoms with Crippen LogP contribution >= 0.6 is 0 Å². The van der Waals surface area contributed by atoms with E-state index in [1.165, 1.54) is 28.6 Å². The molecular formula is C27H23F3N4O3S. The first-order valence-corrected chi connectivity index (χ1v) is 13.3. The van der Waals surface area contributed by atoms with Crippen LogP contribution in [-0.4, -0.2) is 43.2 Å². The van der Waals surface area contributed by atoms with Crippen LogP contribution in [0, 0.1) is 11.3 Å². The van der Waals surface area contributed by atoms with Crippen LogP contribution in [0.25, 0.3) is 22.0 Å². The summed E-state index contributed by atoms with van der Waals surface area (Å²) in [4.78, 5) is 3.26. The number of nitrogens with zero attached hydrogens (tertiary/aromatic N) is 2. The Hall–Kier alpha value is -4.01. The van der Waals surface area contributed by atoms with E-state index in [9.17, 15) is 26.9 Å². The van der Waals surface area contributed by atoms with Crippen molar-refractivity contribution in [3.8, 4) is 22.9 Å². The van der Waals surface area contributed by atoms with Crippen LogP contribution in [0.4, 0.5) is 18.9 Å². The number of piperidine rings is 1. The molecule has 0 aliphatic carbocycles. The van der Waals surface area contributed by atoms with Crippen LogP contribution in [0.5, 0.6) is 5.75 Å². The summed E-state index contributed by atoms with van der Waals surface area (Å²) >= 11 is 0. The number of H-pyrrole nitrogens is 1. The molecule has 38 heavy (non-hydrogen) atoms. The van der Waals surface area contributed by atoms with Crippen LogP contribution in [0.2, 0.25) is 0 Å². The molecule has 0 radical (unpaired) electrons. The van der Waals surface area contributed by atoms with Gasteiger partial charge < -0.3 is 15.0 Å². The zero-order chi connectivity index (χ0) is 26.9. The van der Waals surface area contributed by atoms with Gasteiger partial charge in [0.15, 0.2) is 0 Å². The van der Waals surface area contributed by atoms with Gasteiger partial charge in [-0.15, -0.1) is 13.2 Å². The summed E-state index contributed by atoms with van der Waals surface area (Å²) in [5, 5.41) is 13.3. The van der Waals surface area contributed by atoms with E-state index in [1.54, 1.807) is 30.5 Å². The molecule has 5 rings (SSSR count). The molecule has 0 amide bonds. The van der Waals surface area contributed by atoms with Gasteiger partial charge in [0, 0.05) is 41.9 Å². The monoisotopic (exact) mass is 540 g/mol. The molecule has 196 valence electrons. The molecule has 1 aromatic heterocycles. The summed E-state index contributed by atoms with van der Waals surface area (Å²) in [6, 6.07) is 20.0. The van der Waals surface area contributed by atoms with Gasteiger partial charge in [-0.2, -0.15) is 9.57 Å². The third kappa shape index (κ3) is 5.46. The normalized spacial score (nSPS) is 15.3. The fraction of sp³-hybridized carbons (Fsp3) is 0.222. The minimum Gasteiger partial charge on any atom is -0.406 e. The predicted octanol–water partition coefficient (Wildman–Crippen LogP) is 5.87. The van der Waals surface area contributed by atoms with Crippen LogP contribution in [0.3, 0.4) is 0 Å². The predicted molar refractivity (Wildman–Crippen MR) is 137 cm³/mol. The van der Waals surface area contributed by atoms with Crippen LogP contribution in [0.15, 0.2) is 77.8 Å². The van der Waals surface area contributed by atoms with Gasteiger partial charge in [0.25, 0.3) is 0 Å². The number of ether oxygens (including phenoxy) is 1. The molecule has 0 spiro atoms. The number of hydrogen-bond acceptors (Lipinski definition) is 5. The number of alkyl halides is 3. The number of anilines is 1. The van der Waals surface area contributed by atoms with E-state index in [1.807, 2.05) is 18.2 Å². The van der Waals surface area contributed by atoms with Gasteiger partial charge >= 0.3 is 6.36 Å². The van der Waals surface area contributed by atoms with Crippen molar-refractivity contribution in [2.24, 2.45) is 0 Å². The maximum absolute atomic E-state index is 13.2. The Bertz CT molecular complexity index is 1580. The van der Waals surface area contributed by atoms with Gasteiger partial charge in [0.05, 0.1) is 10.5 Å². The van der Waals surface area contributed by atoms with Crippen molar-refractivity contribution in [3.63, 3.8) is 0 Å². The molecule has 0 unspecified atom stereocenters. The summed E-state index contributed by atoms with van der Waals surface area (Å²) in [7, 11) is -3.68. The lowest BCUT2D eigenvalue weighted by molar-refractivity contribution is -0.274. The summed E-state index contributed by atoms with van der Waals surface area (Å²) in [6.07, 6.45) is -1.98. The van der Waals surface area contributed by atoms with Gasteiger partial charge in [-0.05, 0) is 72.5 Å². The lowest BCUT2D eigenvalue weighted by atomic mass is 10.0. The van der Waals surface area contributed by atoms with E-state index in [0.29, 0.717) is 37.2 Å². The van der Waals surface area contributed by atoms with Crippen molar-refractivity contribution in [3.05, 3.63) is 78.5 Å². The minimum atomic E-state index is -4.74. The Morgan fingerprint density at radius 3 is 2.26 bits per heavy atom. The summed E-state index contributed by atoms with van der Waals surface area (Å²) in [5.41, 5.74) is 3.75. The second-order valence-corrected chi connectivity index (χ2v) is 10.9. The van der Waals surface area contributed by atoms with Crippen molar-refractivity contribution in [2.45, 2.75) is 30.1 Å². The highest BCUT2D eigenvalue weighted by atomic mass is 32.2. The topological polar surface area (TPSA) is 98.2 Å². The third-order valence-corrected chi connectivity index (χ3v) is 8.45. The number of nitrogens with one attached hydrogen (secondary N) is 2. The molecule has 0 saturated carbocycles. The van der Waals surface area contributed by atoms with Gasteiger partial charge in [-0.1, -0.05) is 18.2 Å². The highest BCUT2D eigenvalue weighted by Crippen LogP contribution is 2.29. The largest absolute Gasteiger partial charge is 0.573 e. The highest BCUT2D eigenvalue weighted by Gasteiger charge is 2.31. The molecule has 0 bridgehead atoms. The van der Waals surface area contributed by atoms with Crippen LogP contribution in [-0.2, 0) is 10.0 Å². The standard InChI is InChI=1S/C27H23F3N4O3S/c28-27(29,30)37-23-6-4-21(5-7-23)33-22-11-13-34(14-12-22)38(35,36)24-8-1-18(2-9-24)19-3-10-26-25(15-19)20(16-31)17-32-26/h1-10,15,17,22,32-33H,11-14H2. The maximum Gasteiger partial charge on any atom is 0.573 e. The molecule has 4 aromatic rings. The lowest BCUT2D eigenvalue weighted by Gasteiger charge is -2.32. The first-order valence-electron chi connectivity index (χ1n) is 11.9. The lowest BCUT2D eigenvalue weighted by Crippen LogP contribution is -2.42. The first-order chi connectivity index (χ1) is 18.1. The van der Waals surface area contributed by atoms with Crippen molar-refractivity contribution in [2.75, 3.05) is 18.4 Å². The average Bonchev–Trinajstić information content (AvgIpc) is 3.32. The zero-order valence-electron chi connectivity index (χ0n) is 20.0. The minimum absolute atomic E-state index is 0.0140. The van der Waals surface area contributed by atoms with Crippen LogP contribution in [0.1, 0.15) is 18.4 Å². The first kappa shape index (κ1) is 25.6. The Morgan fingerprint density at radius 2 is 1.63 bits per heavy atom. The number of benzene rings is 3. The Labute approximate surface area is 217 Å². The smallest absolute Gasteiger partial charge is 0.406 e. The molecule has 3 aromatic carbocycles. The zero-order valence-corrected chi connectivity index (χ0v) is 20.8. The second kappa shape index (κ2) is 10.0. The van der Waals surface area contributed by atoms with Crippen molar-refractivity contribution in [1.82, 2.24) is 9.29 Å². The van der Waals surface area contributed by atoms with E-state index in [2.05, 4.69) is 21.1 Å². The summed E-state index contributed by atoms with van der Waals surface area (Å²) in [5.74, 6) is -0.299. The third-order valence-electron chi connectivity index (χ3n) is 6.54. The van der Waals surface area contributed by atoms with Crippen molar-refractivity contribution in [1.29, 1.82) is 5.26 Å². The SMILES string of the molecule is N#Cc1c[nH]c2ccc(-c3ccc(S(=O)(=O)N4CCC(Nc5ccc(OC(F)(F)F)cc5)CC4)cc3)cc12. The molecule has 1 aliphatic heterocycles. The number of sulfonamides is 1. The molecule has 0 atom stereocenters. The number of aromatic nitrogens is 1. The molecule has 2 heterocycles. The van der Waals surface area contributed by atoms with E-state index < -0.39 is 16.4 Å². The quantitative estimate of drug-likeness (QED) is 0.319. The molecule has 11 heteroatoms. The average molecular weight is 541 g/mol. The van der Waals surface area contributed by atoms with Gasteiger partial charge in [-0.3, -0.25) is 0 Å². The molecule has 1 fully saturated rings. The Balaban J connectivity index is 1.21.